The quantitative estimate of drug-likeness (QED) is 0.503. The van der Waals surface area contributed by atoms with Crippen molar-refractivity contribution in [2.45, 2.75) is 18.9 Å². The second-order valence-corrected chi connectivity index (χ2v) is 3.51. The molecule has 1 heterocycles. The van der Waals surface area contributed by atoms with Gasteiger partial charge in [0.1, 0.15) is 0 Å². The lowest BCUT2D eigenvalue weighted by Crippen LogP contribution is -2.29. The van der Waals surface area contributed by atoms with Crippen LogP contribution in [0.1, 0.15) is 12.8 Å². The summed E-state index contributed by atoms with van der Waals surface area (Å²) < 4.78 is 0.285. The fourth-order valence-electron chi connectivity index (χ4n) is 1.20. The van der Waals surface area contributed by atoms with E-state index in [-0.39, 0.29) is 9.83 Å². The standard InChI is InChI=1S/C6H10INO/c1-8-4-2-3-5(8)6(7)9/h5H,2-4H2,1H3. The molecular formula is C6H10INO. The number of carbonyl (C=O) groups excluding carboxylic acids is 1. The molecule has 1 fully saturated rings. The van der Waals surface area contributed by atoms with Crippen molar-refractivity contribution in [2.24, 2.45) is 0 Å². The smallest absolute Gasteiger partial charge is 0.209 e. The fourth-order valence-corrected chi connectivity index (χ4v) is 1.98. The summed E-state index contributed by atoms with van der Waals surface area (Å²) >= 11 is 1.88. The van der Waals surface area contributed by atoms with E-state index in [1.165, 1.54) is 6.42 Å². The predicted octanol–water partition coefficient (Wildman–Crippen LogP) is 1.04. The molecule has 0 radical (unpaired) electrons. The fraction of sp³-hybridized carbons (Fsp3) is 0.833. The van der Waals surface area contributed by atoms with Gasteiger partial charge in [0.15, 0.2) is 0 Å². The Hall–Kier alpha value is 0.360. The maximum Gasteiger partial charge on any atom is 0.209 e. The van der Waals surface area contributed by atoms with Gasteiger partial charge in [-0.25, -0.2) is 0 Å². The largest absolute Gasteiger partial charge is 0.296 e. The minimum Gasteiger partial charge on any atom is -0.296 e. The zero-order valence-corrected chi connectivity index (χ0v) is 7.59. The third kappa shape index (κ3) is 1.64. The van der Waals surface area contributed by atoms with Crippen LogP contribution >= 0.6 is 22.6 Å². The summed E-state index contributed by atoms with van der Waals surface area (Å²) in [7, 11) is 2.01. The summed E-state index contributed by atoms with van der Waals surface area (Å²) in [6, 6.07) is 0.214. The molecule has 1 aliphatic heterocycles. The lowest BCUT2D eigenvalue weighted by atomic mass is 10.2. The van der Waals surface area contributed by atoms with Crippen LogP contribution in [0.15, 0.2) is 0 Å². The van der Waals surface area contributed by atoms with Crippen molar-refractivity contribution >= 4 is 26.4 Å². The van der Waals surface area contributed by atoms with Crippen LogP contribution in [0.4, 0.5) is 0 Å². The number of likely N-dealkylation sites (tertiary alicyclic amines) is 1. The van der Waals surface area contributed by atoms with Gasteiger partial charge in [-0.2, -0.15) is 0 Å². The number of hydrogen-bond acceptors (Lipinski definition) is 2. The van der Waals surface area contributed by atoms with E-state index < -0.39 is 0 Å². The van der Waals surface area contributed by atoms with Gasteiger partial charge in [0.05, 0.1) is 6.04 Å². The highest BCUT2D eigenvalue weighted by atomic mass is 127. The zero-order chi connectivity index (χ0) is 6.85. The maximum atomic E-state index is 10.8. The third-order valence-electron chi connectivity index (χ3n) is 1.78. The van der Waals surface area contributed by atoms with E-state index in [9.17, 15) is 4.79 Å². The Balaban J connectivity index is 2.49. The van der Waals surface area contributed by atoms with Gasteiger partial charge in [-0.05, 0) is 26.4 Å². The number of likely N-dealkylation sites (N-methyl/N-ethyl adjacent to an activating group) is 1. The molecule has 1 aliphatic rings. The molecule has 0 amide bonds. The molecule has 52 valence electrons. The highest BCUT2D eigenvalue weighted by Crippen LogP contribution is 2.17. The number of hydrogen-bond donors (Lipinski definition) is 0. The van der Waals surface area contributed by atoms with Crippen LogP contribution in [0.2, 0.25) is 0 Å². The summed E-state index contributed by atoms with van der Waals surface area (Å²) in [5.74, 6) is 0. The van der Waals surface area contributed by atoms with Crippen LogP contribution < -0.4 is 0 Å². The van der Waals surface area contributed by atoms with E-state index >= 15 is 0 Å². The average molecular weight is 239 g/mol. The Labute approximate surface area is 68.7 Å². The monoisotopic (exact) mass is 239 g/mol. The van der Waals surface area contributed by atoms with Crippen molar-refractivity contribution in [1.82, 2.24) is 4.90 Å². The lowest BCUT2D eigenvalue weighted by Gasteiger charge is -2.13. The van der Waals surface area contributed by atoms with E-state index in [4.69, 9.17) is 0 Å². The van der Waals surface area contributed by atoms with Gasteiger partial charge in [0.25, 0.3) is 0 Å². The highest BCUT2D eigenvalue weighted by Gasteiger charge is 2.25. The normalized spacial score (nSPS) is 28.9. The van der Waals surface area contributed by atoms with Gasteiger partial charge in [-0.1, -0.05) is 0 Å². The van der Waals surface area contributed by atoms with Crippen molar-refractivity contribution in [2.75, 3.05) is 13.6 Å². The summed E-state index contributed by atoms with van der Waals surface area (Å²) in [5.41, 5.74) is 0. The van der Waals surface area contributed by atoms with Crippen LogP contribution in [0.3, 0.4) is 0 Å². The second kappa shape index (κ2) is 2.96. The Morgan fingerprint density at radius 3 is 2.67 bits per heavy atom. The first-order chi connectivity index (χ1) is 4.22. The van der Waals surface area contributed by atoms with Gasteiger partial charge in [-0.15, -0.1) is 0 Å². The molecule has 0 bridgehead atoms. The van der Waals surface area contributed by atoms with E-state index in [1.54, 1.807) is 0 Å². The molecule has 0 aliphatic carbocycles. The molecule has 0 aromatic rings. The molecule has 9 heavy (non-hydrogen) atoms. The van der Waals surface area contributed by atoms with Crippen LogP contribution in [0, 0.1) is 0 Å². The first kappa shape index (κ1) is 7.47. The first-order valence-corrected chi connectivity index (χ1v) is 4.19. The number of nitrogens with zero attached hydrogens (tertiary/aromatic N) is 1. The zero-order valence-electron chi connectivity index (χ0n) is 5.43. The molecule has 3 heteroatoms. The molecule has 0 N–H and O–H groups in total. The van der Waals surface area contributed by atoms with Crippen LogP contribution in [-0.4, -0.2) is 28.3 Å². The van der Waals surface area contributed by atoms with Gasteiger partial charge in [0.2, 0.25) is 3.79 Å². The van der Waals surface area contributed by atoms with Crippen molar-refractivity contribution in [1.29, 1.82) is 0 Å². The van der Waals surface area contributed by atoms with E-state index in [0.717, 1.165) is 13.0 Å². The lowest BCUT2D eigenvalue weighted by molar-refractivity contribution is -0.112. The van der Waals surface area contributed by atoms with Crippen molar-refractivity contribution in [3.8, 4) is 0 Å². The average Bonchev–Trinajstić information content (AvgIpc) is 2.13. The third-order valence-corrected chi connectivity index (χ3v) is 2.50. The number of carbonyl (C=O) groups is 1. The minimum absolute atomic E-state index is 0.214. The Morgan fingerprint density at radius 1 is 1.78 bits per heavy atom. The van der Waals surface area contributed by atoms with Gasteiger partial charge in [-0.3, -0.25) is 9.69 Å². The Bertz CT molecular complexity index is 126. The second-order valence-electron chi connectivity index (χ2n) is 2.44. The summed E-state index contributed by atoms with van der Waals surface area (Å²) in [5, 5.41) is 0. The molecule has 2 nitrogen and oxygen atoms in total. The van der Waals surface area contributed by atoms with Crippen LogP contribution in [0.5, 0.6) is 0 Å². The number of halogens is 1. The predicted molar refractivity (Wildman–Crippen MR) is 44.7 cm³/mol. The van der Waals surface area contributed by atoms with E-state index in [0.29, 0.717) is 0 Å². The van der Waals surface area contributed by atoms with Gasteiger partial charge in [0, 0.05) is 22.6 Å². The molecule has 1 unspecified atom stereocenters. The Morgan fingerprint density at radius 2 is 2.44 bits per heavy atom. The van der Waals surface area contributed by atoms with Gasteiger partial charge >= 0.3 is 0 Å². The van der Waals surface area contributed by atoms with E-state index in [2.05, 4.69) is 4.90 Å². The molecule has 1 rings (SSSR count). The van der Waals surface area contributed by atoms with Crippen molar-refractivity contribution < 1.29 is 4.79 Å². The van der Waals surface area contributed by atoms with E-state index in [1.807, 2.05) is 29.6 Å². The maximum absolute atomic E-state index is 10.8. The van der Waals surface area contributed by atoms with Crippen LogP contribution in [-0.2, 0) is 4.79 Å². The summed E-state index contributed by atoms with van der Waals surface area (Å²) in [6.45, 7) is 1.08. The van der Waals surface area contributed by atoms with Crippen LogP contribution in [0.25, 0.3) is 0 Å². The summed E-state index contributed by atoms with van der Waals surface area (Å²) in [4.78, 5) is 12.9. The molecule has 0 saturated carbocycles. The molecule has 1 atom stereocenters. The Kier molecular flexibility index (Phi) is 2.46. The first-order valence-electron chi connectivity index (χ1n) is 3.11. The topological polar surface area (TPSA) is 20.3 Å². The molecular weight excluding hydrogens is 229 g/mol. The number of rotatable bonds is 1. The highest BCUT2D eigenvalue weighted by molar-refractivity contribution is 14.1. The molecule has 0 spiro atoms. The molecule has 0 aromatic carbocycles. The molecule has 1 saturated heterocycles. The van der Waals surface area contributed by atoms with Crippen molar-refractivity contribution in [3.05, 3.63) is 0 Å². The SMILES string of the molecule is CN1CCCC1C(=O)I. The molecule has 0 aromatic heterocycles. The minimum atomic E-state index is 0.214. The summed E-state index contributed by atoms with van der Waals surface area (Å²) in [6.07, 6.45) is 2.23. The van der Waals surface area contributed by atoms with Crippen molar-refractivity contribution in [3.63, 3.8) is 0 Å². The van der Waals surface area contributed by atoms with Gasteiger partial charge < -0.3 is 0 Å².